The van der Waals surface area contributed by atoms with Crippen LogP contribution in [0.5, 0.6) is 0 Å². The Morgan fingerprint density at radius 2 is 1.46 bits per heavy atom. The minimum atomic E-state index is -1.21. The molecule has 0 bridgehead atoms. The van der Waals surface area contributed by atoms with Gasteiger partial charge in [-0.15, -0.1) is 0 Å². The van der Waals surface area contributed by atoms with Crippen LogP contribution in [0.15, 0.2) is 54.6 Å². The van der Waals surface area contributed by atoms with Gasteiger partial charge in [-0.05, 0) is 16.7 Å². The Labute approximate surface area is 140 Å². The lowest BCUT2D eigenvalue weighted by atomic mass is 9.79. The Bertz CT molecular complexity index is 684. The van der Waals surface area contributed by atoms with Crippen molar-refractivity contribution in [3.8, 4) is 0 Å². The van der Waals surface area contributed by atoms with Crippen molar-refractivity contribution in [2.45, 2.75) is 12.6 Å². The summed E-state index contributed by atoms with van der Waals surface area (Å²) < 4.78 is 23.1. The van der Waals surface area contributed by atoms with E-state index in [1.165, 1.54) is 14.2 Å². The summed E-state index contributed by atoms with van der Waals surface area (Å²) in [5, 5.41) is 0. The van der Waals surface area contributed by atoms with Crippen molar-refractivity contribution >= 4 is 11.9 Å². The lowest BCUT2D eigenvalue weighted by Gasteiger charge is -2.25. The normalized spacial score (nSPS) is 11.8. The zero-order valence-electron chi connectivity index (χ0n) is 13.6. The first-order valence-corrected chi connectivity index (χ1v) is 7.48. The van der Waals surface area contributed by atoms with Gasteiger partial charge in [0, 0.05) is 5.92 Å². The number of hydrogen-bond donors (Lipinski definition) is 0. The predicted molar refractivity (Wildman–Crippen MR) is 87.1 cm³/mol. The molecular formula is C19H19FO4. The number of benzene rings is 2. The van der Waals surface area contributed by atoms with Crippen molar-refractivity contribution < 1.29 is 23.5 Å². The third-order valence-corrected chi connectivity index (χ3v) is 3.94. The average molecular weight is 330 g/mol. The molecule has 2 aromatic carbocycles. The molecule has 0 aromatic heterocycles. The number of alkyl halides is 1. The fourth-order valence-corrected chi connectivity index (χ4v) is 2.79. The van der Waals surface area contributed by atoms with E-state index in [9.17, 15) is 14.0 Å². The van der Waals surface area contributed by atoms with E-state index in [0.717, 1.165) is 0 Å². The Hall–Kier alpha value is -2.69. The minimum Gasteiger partial charge on any atom is -0.468 e. The van der Waals surface area contributed by atoms with Gasteiger partial charge in [-0.2, -0.15) is 0 Å². The van der Waals surface area contributed by atoms with Crippen LogP contribution in [-0.4, -0.2) is 26.2 Å². The summed E-state index contributed by atoms with van der Waals surface area (Å²) in [7, 11) is 2.42. The molecule has 1 atom stereocenters. The molecule has 0 amide bonds. The van der Waals surface area contributed by atoms with Crippen molar-refractivity contribution in [3.63, 3.8) is 0 Å². The van der Waals surface area contributed by atoms with Gasteiger partial charge in [0.15, 0.2) is 5.92 Å². The number of halogens is 1. The average Bonchev–Trinajstić information content (AvgIpc) is 2.65. The smallest absolute Gasteiger partial charge is 0.321 e. The summed E-state index contributed by atoms with van der Waals surface area (Å²) in [4.78, 5) is 24.6. The Kier molecular flexibility index (Phi) is 6.07. The predicted octanol–water partition coefficient (Wildman–Crippen LogP) is 3.25. The molecular weight excluding hydrogens is 311 g/mol. The number of carbonyl (C=O) groups is 2. The van der Waals surface area contributed by atoms with Crippen LogP contribution in [0.1, 0.15) is 22.6 Å². The number of esters is 2. The highest BCUT2D eigenvalue weighted by atomic mass is 19.1. The van der Waals surface area contributed by atoms with Gasteiger partial charge in [-0.3, -0.25) is 9.59 Å². The quantitative estimate of drug-likeness (QED) is 0.603. The second kappa shape index (κ2) is 8.24. The van der Waals surface area contributed by atoms with Crippen LogP contribution in [0.3, 0.4) is 0 Å². The van der Waals surface area contributed by atoms with Crippen LogP contribution in [-0.2, 0) is 25.7 Å². The van der Waals surface area contributed by atoms with E-state index in [0.29, 0.717) is 16.7 Å². The van der Waals surface area contributed by atoms with Gasteiger partial charge >= 0.3 is 11.9 Å². The van der Waals surface area contributed by atoms with Crippen LogP contribution in [0, 0.1) is 5.92 Å². The summed E-state index contributed by atoms with van der Waals surface area (Å²) in [6, 6.07) is 15.8. The summed E-state index contributed by atoms with van der Waals surface area (Å²) >= 11 is 0. The molecule has 0 aliphatic carbocycles. The topological polar surface area (TPSA) is 52.6 Å². The van der Waals surface area contributed by atoms with E-state index in [4.69, 9.17) is 9.47 Å². The third kappa shape index (κ3) is 3.62. The van der Waals surface area contributed by atoms with Crippen molar-refractivity contribution in [1.29, 1.82) is 0 Å². The van der Waals surface area contributed by atoms with Crippen LogP contribution in [0.2, 0.25) is 0 Å². The van der Waals surface area contributed by atoms with Gasteiger partial charge in [-0.25, -0.2) is 4.39 Å². The molecule has 0 saturated heterocycles. The molecule has 0 aliphatic rings. The molecule has 126 valence electrons. The van der Waals surface area contributed by atoms with Gasteiger partial charge in [0.25, 0.3) is 0 Å². The maximum atomic E-state index is 13.5. The number of carbonyl (C=O) groups excluding carboxylic acids is 2. The fraction of sp³-hybridized carbons (Fsp3) is 0.263. The zero-order valence-corrected chi connectivity index (χ0v) is 13.6. The Morgan fingerprint density at radius 3 is 2.00 bits per heavy atom. The van der Waals surface area contributed by atoms with Gasteiger partial charge in [0.05, 0.1) is 14.2 Å². The highest BCUT2D eigenvalue weighted by molar-refractivity contribution is 5.96. The fourth-order valence-electron chi connectivity index (χ4n) is 2.79. The molecule has 24 heavy (non-hydrogen) atoms. The van der Waals surface area contributed by atoms with E-state index in [1.807, 2.05) is 6.07 Å². The van der Waals surface area contributed by atoms with Gasteiger partial charge in [-0.1, -0.05) is 54.6 Å². The molecule has 4 nitrogen and oxygen atoms in total. The number of hydrogen-bond acceptors (Lipinski definition) is 4. The highest BCUT2D eigenvalue weighted by Crippen LogP contribution is 2.36. The largest absolute Gasteiger partial charge is 0.468 e. The minimum absolute atomic E-state index is 0.421. The monoisotopic (exact) mass is 330 g/mol. The van der Waals surface area contributed by atoms with Gasteiger partial charge in [0.2, 0.25) is 0 Å². The molecule has 0 saturated carbocycles. The number of ether oxygens (including phenoxy) is 2. The number of methoxy groups -OCH3 is 2. The van der Waals surface area contributed by atoms with E-state index >= 15 is 0 Å². The lowest BCUT2D eigenvalue weighted by molar-refractivity contribution is -0.159. The van der Waals surface area contributed by atoms with E-state index in [2.05, 4.69) is 0 Å². The molecule has 5 heteroatoms. The lowest BCUT2D eigenvalue weighted by Crippen LogP contribution is -2.33. The van der Waals surface area contributed by atoms with Crippen LogP contribution < -0.4 is 0 Å². The molecule has 2 rings (SSSR count). The summed E-state index contributed by atoms with van der Waals surface area (Å²) in [5.41, 5.74) is 1.69. The number of rotatable bonds is 6. The first kappa shape index (κ1) is 17.7. The van der Waals surface area contributed by atoms with Crippen molar-refractivity contribution in [2.75, 3.05) is 14.2 Å². The third-order valence-electron chi connectivity index (χ3n) is 3.94. The maximum Gasteiger partial charge on any atom is 0.321 e. The van der Waals surface area contributed by atoms with E-state index < -0.39 is 30.4 Å². The van der Waals surface area contributed by atoms with Crippen LogP contribution in [0.4, 0.5) is 4.39 Å². The van der Waals surface area contributed by atoms with E-state index in [-0.39, 0.29) is 0 Å². The molecule has 0 N–H and O–H groups in total. The van der Waals surface area contributed by atoms with E-state index in [1.54, 1.807) is 48.5 Å². The highest BCUT2D eigenvalue weighted by Gasteiger charge is 2.39. The maximum absolute atomic E-state index is 13.5. The van der Waals surface area contributed by atoms with Crippen LogP contribution >= 0.6 is 0 Å². The van der Waals surface area contributed by atoms with Crippen LogP contribution in [0.25, 0.3) is 0 Å². The Balaban J connectivity index is 2.66. The SMILES string of the molecule is COC(=O)C(C(=O)OC)C(c1ccccc1)c1ccccc1CF. The molecule has 1 unspecified atom stereocenters. The molecule has 0 spiro atoms. The molecule has 0 fully saturated rings. The van der Waals surface area contributed by atoms with Gasteiger partial charge in [0.1, 0.15) is 6.67 Å². The van der Waals surface area contributed by atoms with Crippen molar-refractivity contribution in [1.82, 2.24) is 0 Å². The van der Waals surface area contributed by atoms with Crippen molar-refractivity contribution in [2.24, 2.45) is 5.92 Å². The molecule has 2 aromatic rings. The second-order valence-electron chi connectivity index (χ2n) is 5.24. The summed E-state index contributed by atoms with van der Waals surface area (Å²) in [5.74, 6) is -3.35. The summed E-state index contributed by atoms with van der Waals surface area (Å²) in [6.45, 7) is -0.700. The first-order chi connectivity index (χ1) is 11.6. The second-order valence-corrected chi connectivity index (χ2v) is 5.24. The standard InChI is InChI=1S/C19H19FO4/c1-23-18(21)17(19(22)24-2)16(13-8-4-3-5-9-13)15-11-7-6-10-14(15)12-20/h3-11,16-17H,12H2,1-2H3. The van der Waals surface area contributed by atoms with Crippen molar-refractivity contribution in [3.05, 3.63) is 71.3 Å². The zero-order chi connectivity index (χ0) is 17.5. The molecule has 0 radical (unpaired) electrons. The molecule has 0 aliphatic heterocycles. The first-order valence-electron chi connectivity index (χ1n) is 7.48. The van der Waals surface area contributed by atoms with Gasteiger partial charge < -0.3 is 9.47 Å². The summed E-state index contributed by atoms with van der Waals surface area (Å²) in [6.07, 6.45) is 0. The molecule has 0 heterocycles. The Morgan fingerprint density at radius 1 is 0.917 bits per heavy atom.